The SMILES string of the molecule is O=C[C@@H]1C[C@@H]2C=C(c3ccccc3)[C@H]1[C@@H]2C(=O)c1ccccc1. The highest BCUT2D eigenvalue weighted by Gasteiger charge is 2.52. The molecule has 2 aromatic rings. The van der Waals surface area contributed by atoms with E-state index in [0.29, 0.717) is 0 Å². The maximum absolute atomic E-state index is 13.0. The average Bonchev–Trinajstić information content (AvgIpc) is 3.17. The Morgan fingerprint density at radius 1 is 0.957 bits per heavy atom. The van der Waals surface area contributed by atoms with Gasteiger partial charge in [-0.1, -0.05) is 66.7 Å². The van der Waals surface area contributed by atoms with Crippen LogP contribution in [0.5, 0.6) is 0 Å². The van der Waals surface area contributed by atoms with Crippen LogP contribution in [0, 0.1) is 23.7 Å². The molecule has 0 saturated heterocycles. The van der Waals surface area contributed by atoms with Crippen LogP contribution in [0.1, 0.15) is 22.3 Å². The van der Waals surface area contributed by atoms with Crippen molar-refractivity contribution in [3.63, 3.8) is 0 Å². The van der Waals surface area contributed by atoms with Crippen molar-refractivity contribution in [2.45, 2.75) is 6.42 Å². The van der Waals surface area contributed by atoms with Gasteiger partial charge >= 0.3 is 0 Å². The molecule has 2 nitrogen and oxygen atoms in total. The molecule has 0 aromatic heterocycles. The van der Waals surface area contributed by atoms with Gasteiger partial charge in [-0.25, -0.2) is 0 Å². The Kier molecular flexibility index (Phi) is 3.45. The highest BCUT2D eigenvalue weighted by atomic mass is 16.1. The van der Waals surface area contributed by atoms with Gasteiger partial charge in [0.1, 0.15) is 6.29 Å². The van der Waals surface area contributed by atoms with Crippen molar-refractivity contribution in [3.8, 4) is 0 Å². The summed E-state index contributed by atoms with van der Waals surface area (Å²) in [6.45, 7) is 0. The first-order valence-electron chi connectivity index (χ1n) is 8.11. The van der Waals surface area contributed by atoms with E-state index in [1.165, 1.54) is 5.57 Å². The minimum absolute atomic E-state index is 0.0209. The van der Waals surface area contributed by atoms with Crippen LogP contribution >= 0.6 is 0 Å². The predicted molar refractivity (Wildman–Crippen MR) is 89.8 cm³/mol. The number of Topliss-reactive ketones (excluding diaryl/α,β-unsaturated/α-hetero) is 1. The first-order valence-corrected chi connectivity index (χ1v) is 8.11. The third-order valence-corrected chi connectivity index (χ3v) is 5.25. The van der Waals surface area contributed by atoms with Crippen LogP contribution < -0.4 is 0 Å². The summed E-state index contributed by atoms with van der Waals surface area (Å²) in [5.41, 5.74) is 3.06. The van der Waals surface area contributed by atoms with Crippen LogP contribution in [0.3, 0.4) is 0 Å². The molecule has 2 aromatic carbocycles. The van der Waals surface area contributed by atoms with Crippen molar-refractivity contribution in [1.29, 1.82) is 0 Å². The van der Waals surface area contributed by atoms with Crippen LogP contribution in [-0.4, -0.2) is 12.1 Å². The monoisotopic (exact) mass is 302 g/mol. The number of ketones is 1. The lowest BCUT2D eigenvalue weighted by Gasteiger charge is -2.21. The van der Waals surface area contributed by atoms with Gasteiger partial charge in [0.05, 0.1) is 0 Å². The number of hydrogen-bond acceptors (Lipinski definition) is 2. The lowest BCUT2D eigenvalue weighted by Crippen LogP contribution is -2.23. The van der Waals surface area contributed by atoms with E-state index >= 15 is 0 Å². The quantitative estimate of drug-likeness (QED) is 0.631. The molecule has 0 spiro atoms. The number of carbonyl (C=O) groups is 2. The fourth-order valence-corrected chi connectivity index (χ4v) is 4.29. The van der Waals surface area contributed by atoms with Crippen LogP contribution in [0.4, 0.5) is 0 Å². The van der Waals surface area contributed by atoms with E-state index in [-0.39, 0.29) is 29.5 Å². The number of carbonyl (C=O) groups excluding carboxylic acids is 2. The van der Waals surface area contributed by atoms with E-state index in [1.807, 2.05) is 48.5 Å². The van der Waals surface area contributed by atoms with Crippen LogP contribution in [0.2, 0.25) is 0 Å². The van der Waals surface area contributed by atoms with Crippen molar-refractivity contribution in [1.82, 2.24) is 0 Å². The molecule has 2 aliphatic rings. The largest absolute Gasteiger partial charge is 0.303 e. The first kappa shape index (κ1) is 14.1. The fourth-order valence-electron chi connectivity index (χ4n) is 4.29. The summed E-state index contributed by atoms with van der Waals surface area (Å²) in [4.78, 5) is 24.5. The number of fused-ring (bicyclic) bond motifs is 2. The second-order valence-electron chi connectivity index (χ2n) is 6.47. The molecule has 4 rings (SSSR count). The molecule has 0 N–H and O–H groups in total. The molecule has 0 aliphatic heterocycles. The zero-order valence-corrected chi connectivity index (χ0v) is 12.8. The van der Waals surface area contributed by atoms with Crippen molar-refractivity contribution >= 4 is 17.6 Å². The maximum atomic E-state index is 13.0. The lowest BCUT2D eigenvalue weighted by molar-refractivity contribution is -0.111. The van der Waals surface area contributed by atoms with Crippen LogP contribution in [0.25, 0.3) is 5.57 Å². The third-order valence-electron chi connectivity index (χ3n) is 5.25. The third kappa shape index (κ3) is 2.26. The van der Waals surface area contributed by atoms with Gasteiger partial charge in [-0.2, -0.15) is 0 Å². The van der Waals surface area contributed by atoms with Crippen molar-refractivity contribution in [2.24, 2.45) is 23.7 Å². The van der Waals surface area contributed by atoms with Crippen molar-refractivity contribution < 1.29 is 9.59 Å². The summed E-state index contributed by atoms with van der Waals surface area (Å²) in [5.74, 6) is 0.235. The normalized spacial score (nSPS) is 28.4. The maximum Gasteiger partial charge on any atom is 0.167 e. The highest BCUT2D eigenvalue weighted by Crippen LogP contribution is 2.55. The minimum atomic E-state index is -0.0946. The van der Waals surface area contributed by atoms with Crippen molar-refractivity contribution in [2.75, 3.05) is 0 Å². The van der Waals surface area contributed by atoms with Crippen LogP contribution in [0.15, 0.2) is 66.7 Å². The molecule has 2 bridgehead atoms. The number of benzene rings is 2. The summed E-state index contributed by atoms with van der Waals surface area (Å²) in [7, 11) is 0. The smallest absolute Gasteiger partial charge is 0.167 e. The zero-order chi connectivity index (χ0) is 15.8. The standard InChI is InChI=1S/C21H18O2/c22-13-17-11-16-12-18(14-7-3-1-4-8-14)19(17)20(16)21(23)15-9-5-2-6-10-15/h1-10,12-13,16-17,19-20H,11H2/t16-,17+,19+,20-/m1/s1. The topological polar surface area (TPSA) is 34.1 Å². The van der Waals surface area contributed by atoms with E-state index in [0.717, 1.165) is 23.8 Å². The Bertz CT molecular complexity index is 761. The summed E-state index contributed by atoms with van der Waals surface area (Å²) in [5, 5.41) is 0. The second kappa shape index (κ2) is 5.62. The summed E-state index contributed by atoms with van der Waals surface area (Å²) < 4.78 is 0. The number of hydrogen-bond donors (Lipinski definition) is 0. The number of rotatable bonds is 4. The molecule has 23 heavy (non-hydrogen) atoms. The molecule has 0 radical (unpaired) electrons. The highest BCUT2D eigenvalue weighted by molar-refractivity contribution is 6.01. The molecule has 0 unspecified atom stereocenters. The average molecular weight is 302 g/mol. The Morgan fingerprint density at radius 2 is 1.61 bits per heavy atom. The Hall–Kier alpha value is -2.48. The number of allylic oxidation sites excluding steroid dienone is 2. The first-order chi connectivity index (χ1) is 11.3. The van der Waals surface area contributed by atoms with Gasteiger partial charge in [0.15, 0.2) is 5.78 Å². The fraction of sp³-hybridized carbons (Fsp3) is 0.238. The molecule has 1 fully saturated rings. The van der Waals surface area contributed by atoms with E-state index in [9.17, 15) is 9.59 Å². The van der Waals surface area contributed by atoms with Gasteiger partial charge < -0.3 is 4.79 Å². The molecule has 2 heteroatoms. The van der Waals surface area contributed by atoms with E-state index in [1.54, 1.807) is 0 Å². The molecular weight excluding hydrogens is 284 g/mol. The zero-order valence-electron chi connectivity index (χ0n) is 12.8. The summed E-state index contributed by atoms with van der Waals surface area (Å²) >= 11 is 0. The summed E-state index contributed by atoms with van der Waals surface area (Å²) in [6.07, 6.45) is 4.07. The van der Waals surface area contributed by atoms with Crippen LogP contribution in [-0.2, 0) is 4.79 Å². The molecule has 4 atom stereocenters. The Labute approximate surface area is 135 Å². The Balaban J connectivity index is 1.71. The van der Waals surface area contributed by atoms with Gasteiger partial charge in [-0.05, 0) is 23.5 Å². The van der Waals surface area contributed by atoms with Gasteiger partial charge in [0, 0.05) is 23.3 Å². The van der Waals surface area contributed by atoms with Gasteiger partial charge in [-0.3, -0.25) is 4.79 Å². The Morgan fingerprint density at radius 3 is 2.26 bits per heavy atom. The van der Waals surface area contributed by atoms with E-state index < -0.39 is 0 Å². The molecule has 0 amide bonds. The molecular formula is C21H18O2. The predicted octanol–water partition coefficient (Wildman–Crippen LogP) is 4.03. The second-order valence-corrected chi connectivity index (χ2v) is 6.47. The molecule has 0 heterocycles. The molecule has 2 aliphatic carbocycles. The molecule has 114 valence electrons. The minimum Gasteiger partial charge on any atom is -0.303 e. The van der Waals surface area contributed by atoms with E-state index in [4.69, 9.17) is 0 Å². The van der Waals surface area contributed by atoms with Gasteiger partial charge in [0.25, 0.3) is 0 Å². The lowest BCUT2D eigenvalue weighted by atomic mass is 9.80. The van der Waals surface area contributed by atoms with Gasteiger partial charge in [0.2, 0.25) is 0 Å². The van der Waals surface area contributed by atoms with E-state index in [2.05, 4.69) is 18.2 Å². The number of aldehydes is 1. The van der Waals surface area contributed by atoms with Crippen molar-refractivity contribution in [3.05, 3.63) is 77.9 Å². The van der Waals surface area contributed by atoms with Gasteiger partial charge in [-0.15, -0.1) is 0 Å². The summed E-state index contributed by atoms with van der Waals surface area (Å²) in [6, 6.07) is 19.6. The molecule has 1 saturated carbocycles.